The van der Waals surface area contributed by atoms with Crippen molar-refractivity contribution in [1.82, 2.24) is 18.4 Å². The van der Waals surface area contributed by atoms with Crippen molar-refractivity contribution in [1.29, 1.82) is 0 Å². The topological polar surface area (TPSA) is 93.4 Å². The molecule has 5 rings (SSSR count). The molecule has 4 N–H and O–H groups in total. The summed E-state index contributed by atoms with van der Waals surface area (Å²) in [4.78, 5) is 19.2. The zero-order valence-electron chi connectivity index (χ0n) is 19.5. The molecule has 1 aliphatic rings. The van der Waals surface area contributed by atoms with E-state index in [1.807, 2.05) is 54.7 Å². The number of hydrogen-bond acceptors (Lipinski definition) is 4. The Morgan fingerprint density at radius 2 is 2.00 bits per heavy atom. The van der Waals surface area contributed by atoms with E-state index >= 15 is 0 Å². The number of nitrogens with one attached hydrogen (secondary N) is 3. The van der Waals surface area contributed by atoms with Crippen LogP contribution in [0.5, 0.6) is 0 Å². The maximum atomic E-state index is 12.9. The number of ether oxygens (including phenoxy) is 1. The molecule has 7 nitrogen and oxygen atoms in total. The number of aliphatic hydroxyl groups excluding tert-OH is 1. The molecule has 1 fully saturated rings. The number of H-pyrrole nitrogens is 2. The van der Waals surface area contributed by atoms with Crippen molar-refractivity contribution >= 4 is 17.5 Å². The van der Waals surface area contributed by atoms with Crippen molar-refractivity contribution in [3.63, 3.8) is 0 Å². The van der Waals surface area contributed by atoms with Gasteiger partial charge in [0.05, 0.1) is 12.6 Å². The number of alkyl halides is 1. The predicted octanol–water partition coefficient (Wildman–Crippen LogP) is 1.59. The number of aliphatic hydroxyl groups is 1. The van der Waals surface area contributed by atoms with Crippen molar-refractivity contribution < 1.29 is 36.1 Å². The van der Waals surface area contributed by atoms with Crippen LogP contribution in [0.2, 0.25) is 5.02 Å². The van der Waals surface area contributed by atoms with Crippen LogP contribution in [0, 0.1) is 0 Å². The van der Waals surface area contributed by atoms with E-state index in [1.165, 1.54) is 0 Å². The minimum atomic E-state index is -0.480. The first-order valence-electron chi connectivity index (χ1n) is 11.7. The number of nitrogens with zero attached hydrogens (tertiary/aromatic N) is 1. The van der Waals surface area contributed by atoms with Crippen LogP contribution in [0.25, 0.3) is 22.4 Å². The number of halogens is 2. The molecule has 36 heavy (non-hydrogen) atoms. The zero-order valence-corrected chi connectivity index (χ0v) is 22.4. The number of hydrogen-bond donors (Lipinski definition) is 4. The molecule has 9 heteroatoms. The van der Waals surface area contributed by atoms with Crippen molar-refractivity contribution in [3.05, 3.63) is 94.9 Å². The van der Waals surface area contributed by atoms with E-state index in [2.05, 4.69) is 30.5 Å². The molecule has 0 radical (unpaired) electrons. The van der Waals surface area contributed by atoms with Gasteiger partial charge >= 0.3 is 163 Å². The van der Waals surface area contributed by atoms with Gasteiger partial charge in [-0.1, -0.05) is 30.3 Å². The third kappa shape index (κ3) is 5.68. The summed E-state index contributed by atoms with van der Waals surface area (Å²) in [5.41, 5.74) is 6.16. The molecule has 1 aliphatic heterocycles. The van der Waals surface area contributed by atoms with Gasteiger partial charge < -0.3 is 10.4 Å². The van der Waals surface area contributed by atoms with Crippen LogP contribution in [0.4, 0.5) is 0 Å². The van der Waals surface area contributed by atoms with Crippen LogP contribution in [-0.2, 0) is 11.3 Å². The van der Waals surface area contributed by atoms with Crippen LogP contribution in [0.15, 0.2) is 73.1 Å². The van der Waals surface area contributed by atoms with E-state index in [9.17, 15) is 9.90 Å². The van der Waals surface area contributed by atoms with Crippen molar-refractivity contribution in [3.8, 4) is 22.4 Å². The number of carbonyl (C=O) groups is 1. The summed E-state index contributed by atoms with van der Waals surface area (Å²) < 4.78 is 8.81. The quantitative estimate of drug-likeness (QED) is 0.137. The molecular formula is C27H27ClIN4O3-. The number of rotatable bonds is 8. The predicted molar refractivity (Wildman–Crippen MR) is 136 cm³/mol. The van der Waals surface area contributed by atoms with E-state index in [1.54, 1.807) is 6.20 Å². The summed E-state index contributed by atoms with van der Waals surface area (Å²) in [5.74, 6) is -0.282. The summed E-state index contributed by atoms with van der Waals surface area (Å²) >= 11 is 6.59. The van der Waals surface area contributed by atoms with Crippen LogP contribution in [0.1, 0.15) is 27.7 Å². The van der Waals surface area contributed by atoms with Gasteiger partial charge in [0.2, 0.25) is 0 Å². The average Bonchev–Trinajstić information content (AvgIpc) is 3.60. The second-order valence-electron chi connectivity index (χ2n) is 8.48. The molecular weight excluding hydrogens is 591 g/mol. The number of benzene rings is 2. The van der Waals surface area contributed by atoms with Gasteiger partial charge in [0, 0.05) is 0 Å². The standard InChI is InChI=1S/C27H27ClIN4O3/c28-23-12-19(6-7-20(23)15-33-10-11-36-17-29-33)22-8-9-30-26(22)21-13-24(31-14-21)27(35)32-25(16-34)18-4-2-1-3-5-18/h1-9,12-14,25,30-31,34H,10-11,15-17H2,(H,32,35)/q-1. The Morgan fingerprint density at radius 1 is 1.14 bits per heavy atom. The number of aromatic nitrogens is 2. The molecule has 0 spiro atoms. The SMILES string of the molecule is O=C(NC(CO)c1ccccc1)c1cc(-c2[nH]ccc2-c2ccc(CN3CCOC[I-]3)c(Cl)c2)c[nH]1. The van der Waals surface area contributed by atoms with Crippen LogP contribution >= 0.6 is 11.6 Å². The molecule has 1 amide bonds. The number of amides is 1. The molecule has 0 aliphatic carbocycles. The van der Waals surface area contributed by atoms with Gasteiger partial charge in [0.15, 0.2) is 0 Å². The summed E-state index contributed by atoms with van der Waals surface area (Å²) in [6.45, 7) is 2.41. The van der Waals surface area contributed by atoms with Gasteiger partial charge in [-0.3, -0.25) is 4.79 Å². The fourth-order valence-electron chi connectivity index (χ4n) is 4.20. The van der Waals surface area contributed by atoms with Crippen LogP contribution < -0.4 is 26.8 Å². The fraction of sp³-hybridized carbons (Fsp3) is 0.222. The van der Waals surface area contributed by atoms with Gasteiger partial charge in [0.25, 0.3) is 0 Å². The second kappa shape index (κ2) is 11.6. The molecule has 2 aromatic carbocycles. The third-order valence-corrected chi connectivity index (χ3v) is 8.99. The Morgan fingerprint density at radius 3 is 2.75 bits per heavy atom. The fourth-order valence-corrected chi connectivity index (χ4v) is 6.49. The molecule has 3 heterocycles. The van der Waals surface area contributed by atoms with E-state index < -0.39 is 6.04 Å². The molecule has 4 aromatic rings. The van der Waals surface area contributed by atoms with Gasteiger partial charge in [-0.05, 0) is 5.56 Å². The van der Waals surface area contributed by atoms with Crippen molar-refractivity contribution in [2.24, 2.45) is 0 Å². The normalized spacial score (nSPS) is 15.3. The zero-order chi connectivity index (χ0) is 24.9. The van der Waals surface area contributed by atoms with Gasteiger partial charge in [-0.2, -0.15) is 0 Å². The van der Waals surface area contributed by atoms with Crippen LogP contribution in [-0.4, -0.2) is 48.5 Å². The summed E-state index contributed by atoms with van der Waals surface area (Å²) in [6.07, 6.45) is 3.69. The van der Waals surface area contributed by atoms with Crippen molar-refractivity contribution in [2.45, 2.75) is 12.6 Å². The Hall–Kier alpha value is -2.63. The molecule has 0 bridgehead atoms. The van der Waals surface area contributed by atoms with Crippen LogP contribution in [0.3, 0.4) is 0 Å². The summed E-state index contributed by atoms with van der Waals surface area (Å²) in [5, 5.41) is 13.4. The van der Waals surface area contributed by atoms with Gasteiger partial charge in [-0.25, -0.2) is 0 Å². The van der Waals surface area contributed by atoms with E-state index in [0.29, 0.717) is 5.69 Å². The first kappa shape index (κ1) is 25.0. The summed E-state index contributed by atoms with van der Waals surface area (Å²) in [6, 6.07) is 19.0. The molecule has 1 unspecified atom stereocenters. The van der Waals surface area contributed by atoms with E-state index in [-0.39, 0.29) is 34.0 Å². The average molecular weight is 618 g/mol. The molecule has 188 valence electrons. The molecule has 0 saturated carbocycles. The third-order valence-electron chi connectivity index (χ3n) is 6.13. The number of carbonyl (C=O) groups excluding carboxylic acids is 1. The molecule has 2 aromatic heterocycles. The van der Waals surface area contributed by atoms with Gasteiger partial charge in [0.1, 0.15) is 0 Å². The second-order valence-corrected chi connectivity index (χ2v) is 11.6. The minimum absolute atomic E-state index is 0.0973. The maximum absolute atomic E-state index is 12.9. The molecule has 1 saturated heterocycles. The van der Waals surface area contributed by atoms with Crippen molar-refractivity contribution in [2.75, 3.05) is 24.4 Å². The van der Waals surface area contributed by atoms with Gasteiger partial charge in [-0.15, -0.1) is 0 Å². The molecule has 1 atom stereocenters. The monoisotopic (exact) mass is 617 g/mol. The first-order valence-corrected chi connectivity index (χ1v) is 14.5. The Balaban J connectivity index is 1.32. The Labute approximate surface area is 225 Å². The Kier molecular flexibility index (Phi) is 8.08. The number of aromatic amines is 2. The Bertz CT molecular complexity index is 1320. The van der Waals surface area contributed by atoms with E-state index in [0.717, 1.165) is 62.8 Å². The summed E-state index contributed by atoms with van der Waals surface area (Å²) in [7, 11) is 0. The first-order chi connectivity index (χ1) is 17.6. The van der Waals surface area contributed by atoms with E-state index in [4.69, 9.17) is 16.3 Å².